The summed E-state index contributed by atoms with van der Waals surface area (Å²) in [6.45, 7) is 1.02. The molecular weight excluding hydrogens is 244 g/mol. The monoisotopic (exact) mass is 258 g/mol. The molecule has 0 aromatic carbocycles. The second-order valence-corrected chi connectivity index (χ2v) is 4.92. The van der Waals surface area contributed by atoms with Crippen LogP contribution in [0.3, 0.4) is 0 Å². The van der Waals surface area contributed by atoms with E-state index in [1.807, 2.05) is 0 Å². The molecule has 0 saturated carbocycles. The van der Waals surface area contributed by atoms with E-state index in [2.05, 4.69) is 4.99 Å². The Kier molecular flexibility index (Phi) is 2.39. The van der Waals surface area contributed by atoms with Crippen LogP contribution < -0.4 is 0 Å². The summed E-state index contributed by atoms with van der Waals surface area (Å²) >= 11 is 0. The number of amides is 1. The summed E-state index contributed by atoms with van der Waals surface area (Å²) in [4.78, 5) is 16.6. The van der Waals surface area contributed by atoms with Crippen LogP contribution >= 0.6 is 0 Å². The van der Waals surface area contributed by atoms with Gasteiger partial charge in [-0.1, -0.05) is 0 Å². The summed E-state index contributed by atoms with van der Waals surface area (Å²) in [7, 11) is 0. The number of amidine groups is 1. The lowest BCUT2D eigenvalue weighted by Crippen LogP contribution is -2.54. The van der Waals surface area contributed by atoms with Gasteiger partial charge in [-0.15, -0.1) is 0 Å². The van der Waals surface area contributed by atoms with Crippen LogP contribution in [0.25, 0.3) is 0 Å². The van der Waals surface area contributed by atoms with Crippen LogP contribution in [0.2, 0.25) is 0 Å². The van der Waals surface area contributed by atoms with Gasteiger partial charge in [0.05, 0.1) is 13.2 Å². The zero-order chi connectivity index (χ0) is 13.1. The SMILES string of the molecule is CC1(O)CN2C(=NC1=O)OC1C2O[C@@H](CO)[C@@H]1O. The number of aliphatic imine (C=N–C) groups is 1. The fraction of sp³-hybridized carbons (Fsp3) is 0.800. The van der Waals surface area contributed by atoms with Crippen LogP contribution in [0.1, 0.15) is 6.92 Å². The highest BCUT2D eigenvalue weighted by Gasteiger charge is 2.57. The van der Waals surface area contributed by atoms with Crippen LogP contribution in [0.15, 0.2) is 4.99 Å². The quantitative estimate of drug-likeness (QED) is 0.473. The lowest BCUT2D eigenvalue weighted by atomic mass is 10.0. The largest absolute Gasteiger partial charge is 0.454 e. The molecule has 3 heterocycles. The van der Waals surface area contributed by atoms with Crippen molar-refractivity contribution >= 4 is 11.9 Å². The molecule has 8 nitrogen and oxygen atoms in total. The molecule has 3 aliphatic heterocycles. The highest BCUT2D eigenvalue weighted by atomic mass is 16.6. The zero-order valence-corrected chi connectivity index (χ0v) is 9.68. The summed E-state index contributed by atoms with van der Waals surface area (Å²) in [6, 6.07) is 0.0527. The molecule has 0 spiro atoms. The summed E-state index contributed by atoms with van der Waals surface area (Å²) in [5.74, 6) is -0.679. The first-order valence-corrected chi connectivity index (χ1v) is 5.67. The van der Waals surface area contributed by atoms with Crippen molar-refractivity contribution in [3.63, 3.8) is 0 Å². The number of nitrogens with zero attached hydrogens (tertiary/aromatic N) is 2. The van der Waals surface area contributed by atoms with Gasteiger partial charge in [-0.25, -0.2) is 0 Å². The molecule has 18 heavy (non-hydrogen) atoms. The Morgan fingerprint density at radius 3 is 3.00 bits per heavy atom. The molecule has 0 aliphatic carbocycles. The van der Waals surface area contributed by atoms with E-state index < -0.39 is 36.0 Å². The number of ether oxygens (including phenoxy) is 2. The van der Waals surface area contributed by atoms with Crippen molar-refractivity contribution in [1.82, 2.24) is 4.90 Å². The van der Waals surface area contributed by atoms with Crippen molar-refractivity contribution < 1.29 is 29.6 Å². The minimum atomic E-state index is -1.60. The van der Waals surface area contributed by atoms with Crippen molar-refractivity contribution in [2.75, 3.05) is 13.2 Å². The number of aliphatic hydroxyl groups is 3. The van der Waals surface area contributed by atoms with Crippen molar-refractivity contribution in [2.45, 2.75) is 37.1 Å². The second kappa shape index (κ2) is 3.64. The maximum atomic E-state index is 11.5. The number of aliphatic hydroxyl groups excluding tert-OH is 2. The smallest absolute Gasteiger partial charge is 0.298 e. The highest BCUT2D eigenvalue weighted by molar-refractivity contribution is 5.98. The van der Waals surface area contributed by atoms with E-state index in [1.54, 1.807) is 0 Å². The lowest BCUT2D eigenvalue weighted by Gasteiger charge is -2.32. The molecule has 3 unspecified atom stereocenters. The van der Waals surface area contributed by atoms with Crippen molar-refractivity contribution in [3.05, 3.63) is 0 Å². The van der Waals surface area contributed by atoms with Crippen LogP contribution in [-0.2, 0) is 14.3 Å². The summed E-state index contributed by atoms with van der Waals surface area (Å²) < 4.78 is 10.8. The molecule has 2 saturated heterocycles. The first-order chi connectivity index (χ1) is 8.44. The number of carbonyl (C=O) groups is 1. The Bertz CT molecular complexity index is 423. The number of rotatable bonds is 1. The Balaban J connectivity index is 1.89. The molecule has 2 fully saturated rings. The number of hydrogen-bond acceptors (Lipinski definition) is 7. The molecule has 5 atom stereocenters. The van der Waals surface area contributed by atoms with Gasteiger partial charge in [0.25, 0.3) is 11.9 Å². The van der Waals surface area contributed by atoms with E-state index in [1.165, 1.54) is 11.8 Å². The standard InChI is InChI=1S/C10H14N2O6/c1-10(16)3-12-7-6(5(14)4(2-13)17-7)18-9(12)11-8(10)15/h4-7,13-14,16H,2-3H2,1H3/t4-,5-,6?,7?,10?/m0/s1. The molecule has 3 rings (SSSR count). The molecule has 3 N–H and O–H groups in total. The van der Waals surface area contributed by atoms with E-state index >= 15 is 0 Å². The van der Waals surface area contributed by atoms with Crippen molar-refractivity contribution in [2.24, 2.45) is 4.99 Å². The Morgan fingerprint density at radius 1 is 1.61 bits per heavy atom. The predicted octanol–water partition coefficient (Wildman–Crippen LogP) is -2.59. The summed E-state index contributed by atoms with van der Waals surface area (Å²) in [5.41, 5.74) is -1.60. The number of carbonyl (C=O) groups excluding carboxylic acids is 1. The van der Waals surface area contributed by atoms with Gasteiger partial charge in [0.2, 0.25) is 0 Å². The molecule has 0 bridgehead atoms. The maximum absolute atomic E-state index is 11.5. The van der Waals surface area contributed by atoms with Crippen LogP contribution in [0.4, 0.5) is 0 Å². The van der Waals surface area contributed by atoms with E-state index in [-0.39, 0.29) is 19.2 Å². The Hall–Kier alpha value is -1.22. The van der Waals surface area contributed by atoms with Gasteiger partial charge < -0.3 is 24.8 Å². The first kappa shape index (κ1) is 11.8. The third kappa shape index (κ3) is 1.46. The fourth-order valence-electron chi connectivity index (χ4n) is 2.40. The van der Waals surface area contributed by atoms with Crippen LogP contribution in [0, 0.1) is 0 Å². The average Bonchev–Trinajstić information content (AvgIpc) is 2.78. The van der Waals surface area contributed by atoms with Gasteiger partial charge in [0.1, 0.15) is 12.2 Å². The van der Waals surface area contributed by atoms with Gasteiger partial charge in [-0.3, -0.25) is 9.69 Å². The minimum absolute atomic E-state index is 0.0172. The number of hydrogen-bond donors (Lipinski definition) is 3. The van der Waals surface area contributed by atoms with Gasteiger partial charge in [0.15, 0.2) is 17.9 Å². The molecule has 1 amide bonds. The fourth-order valence-corrected chi connectivity index (χ4v) is 2.40. The predicted molar refractivity (Wildman–Crippen MR) is 56.4 cm³/mol. The van der Waals surface area contributed by atoms with E-state index in [0.29, 0.717) is 0 Å². The van der Waals surface area contributed by atoms with Gasteiger partial charge >= 0.3 is 0 Å². The van der Waals surface area contributed by atoms with Crippen LogP contribution in [0.5, 0.6) is 0 Å². The van der Waals surface area contributed by atoms with Gasteiger partial charge in [-0.05, 0) is 6.92 Å². The van der Waals surface area contributed by atoms with Crippen molar-refractivity contribution in [1.29, 1.82) is 0 Å². The summed E-state index contributed by atoms with van der Waals surface area (Å²) in [6.07, 6.45) is -3.07. The molecule has 0 aromatic rings. The van der Waals surface area contributed by atoms with Crippen molar-refractivity contribution in [3.8, 4) is 0 Å². The molecule has 0 radical (unpaired) electrons. The minimum Gasteiger partial charge on any atom is -0.454 e. The topological polar surface area (TPSA) is 112 Å². The van der Waals surface area contributed by atoms with Gasteiger partial charge in [0, 0.05) is 0 Å². The molecule has 0 aromatic heterocycles. The van der Waals surface area contributed by atoms with E-state index in [0.717, 1.165) is 0 Å². The average molecular weight is 258 g/mol. The van der Waals surface area contributed by atoms with Gasteiger partial charge in [-0.2, -0.15) is 4.99 Å². The third-order valence-electron chi connectivity index (χ3n) is 3.42. The zero-order valence-electron chi connectivity index (χ0n) is 9.68. The summed E-state index contributed by atoms with van der Waals surface area (Å²) in [5, 5.41) is 28.8. The second-order valence-electron chi connectivity index (χ2n) is 4.92. The number of fused-ring (bicyclic) bond motifs is 3. The first-order valence-electron chi connectivity index (χ1n) is 5.67. The molecule has 8 heteroatoms. The Labute approximate surface area is 102 Å². The van der Waals surface area contributed by atoms with Crippen LogP contribution in [-0.4, -0.2) is 75.4 Å². The highest BCUT2D eigenvalue weighted by Crippen LogP contribution is 2.35. The van der Waals surface area contributed by atoms with E-state index in [9.17, 15) is 15.0 Å². The molecular formula is C10H14N2O6. The molecule has 100 valence electrons. The maximum Gasteiger partial charge on any atom is 0.298 e. The lowest BCUT2D eigenvalue weighted by molar-refractivity contribution is -0.140. The Morgan fingerprint density at radius 2 is 2.33 bits per heavy atom. The normalized spacial score (nSPS) is 46.6. The molecule has 3 aliphatic rings. The third-order valence-corrected chi connectivity index (χ3v) is 3.42. The van der Waals surface area contributed by atoms with E-state index in [4.69, 9.17) is 14.6 Å².